The minimum Gasteiger partial charge on any atom is -0.347 e. The van der Waals surface area contributed by atoms with Gasteiger partial charge in [0.05, 0.1) is 0 Å². The maximum absolute atomic E-state index is 12.3. The largest absolute Gasteiger partial charge is 0.347 e. The van der Waals surface area contributed by atoms with Crippen molar-refractivity contribution in [3.05, 3.63) is 0 Å². The van der Waals surface area contributed by atoms with Gasteiger partial charge in [-0.2, -0.15) is 0 Å². The molecule has 0 bridgehead atoms. The maximum atomic E-state index is 12.3. The molecule has 0 spiro atoms. The van der Waals surface area contributed by atoms with Crippen molar-refractivity contribution in [1.82, 2.24) is 20.0 Å². The standard InChI is InChI=1S/C14H26N4O/c1-16(2)14(19)13-9-15-6-8-18(13)12-5-7-17(10-12)11-3-4-11/h11-13,15H,3-10H2,1-2H3. The second-order valence-electron chi connectivity index (χ2n) is 6.36. The molecule has 1 amide bonds. The highest BCUT2D eigenvalue weighted by atomic mass is 16.2. The number of hydrogen-bond acceptors (Lipinski definition) is 4. The molecule has 0 aromatic rings. The molecule has 108 valence electrons. The van der Waals surface area contributed by atoms with Crippen LogP contribution in [0.1, 0.15) is 19.3 Å². The zero-order valence-electron chi connectivity index (χ0n) is 12.1. The summed E-state index contributed by atoms with van der Waals surface area (Å²) < 4.78 is 0. The van der Waals surface area contributed by atoms with Crippen LogP contribution in [0.15, 0.2) is 0 Å². The molecule has 2 saturated heterocycles. The SMILES string of the molecule is CN(C)C(=O)C1CNCCN1C1CCN(C2CC2)C1. The third-order valence-corrected chi connectivity index (χ3v) is 4.74. The van der Waals surface area contributed by atoms with Gasteiger partial charge < -0.3 is 10.2 Å². The van der Waals surface area contributed by atoms with Crippen molar-refractivity contribution in [2.75, 3.05) is 46.8 Å². The normalized spacial score (nSPS) is 33.6. The fourth-order valence-electron chi connectivity index (χ4n) is 3.49. The highest BCUT2D eigenvalue weighted by molar-refractivity contribution is 5.81. The van der Waals surface area contributed by atoms with E-state index in [-0.39, 0.29) is 11.9 Å². The Morgan fingerprint density at radius 1 is 1.16 bits per heavy atom. The van der Waals surface area contributed by atoms with Crippen molar-refractivity contribution < 1.29 is 4.79 Å². The molecule has 2 unspecified atom stereocenters. The molecule has 3 rings (SSSR count). The van der Waals surface area contributed by atoms with Crippen LogP contribution in [0.3, 0.4) is 0 Å². The average Bonchev–Trinajstić information content (AvgIpc) is 3.16. The Balaban J connectivity index is 1.65. The zero-order chi connectivity index (χ0) is 13.4. The van der Waals surface area contributed by atoms with E-state index in [1.54, 1.807) is 4.90 Å². The van der Waals surface area contributed by atoms with E-state index in [2.05, 4.69) is 15.1 Å². The van der Waals surface area contributed by atoms with E-state index in [0.717, 1.165) is 25.7 Å². The Morgan fingerprint density at radius 3 is 2.63 bits per heavy atom. The number of carbonyl (C=O) groups is 1. The number of carbonyl (C=O) groups excluding carboxylic acids is 1. The Kier molecular flexibility index (Phi) is 3.78. The van der Waals surface area contributed by atoms with Crippen LogP contribution in [0.2, 0.25) is 0 Å². The third kappa shape index (κ3) is 2.78. The van der Waals surface area contributed by atoms with Crippen molar-refractivity contribution >= 4 is 5.91 Å². The lowest BCUT2D eigenvalue weighted by Crippen LogP contribution is -2.60. The first-order valence-corrected chi connectivity index (χ1v) is 7.58. The molecule has 1 N–H and O–H groups in total. The van der Waals surface area contributed by atoms with E-state index in [0.29, 0.717) is 6.04 Å². The van der Waals surface area contributed by atoms with Gasteiger partial charge in [0.15, 0.2) is 0 Å². The molecule has 0 radical (unpaired) electrons. The topological polar surface area (TPSA) is 38.8 Å². The second-order valence-corrected chi connectivity index (χ2v) is 6.36. The number of likely N-dealkylation sites (N-methyl/N-ethyl adjacent to an activating group) is 1. The molecule has 0 aromatic carbocycles. The highest BCUT2D eigenvalue weighted by Crippen LogP contribution is 2.31. The number of likely N-dealkylation sites (tertiary alicyclic amines) is 1. The fourth-order valence-corrected chi connectivity index (χ4v) is 3.49. The number of hydrogen-bond donors (Lipinski definition) is 1. The summed E-state index contributed by atoms with van der Waals surface area (Å²) in [6.07, 6.45) is 4.00. The Morgan fingerprint density at radius 2 is 1.95 bits per heavy atom. The van der Waals surface area contributed by atoms with E-state index in [1.807, 2.05) is 14.1 Å². The van der Waals surface area contributed by atoms with Crippen LogP contribution < -0.4 is 5.32 Å². The summed E-state index contributed by atoms with van der Waals surface area (Å²) in [6, 6.07) is 1.47. The van der Waals surface area contributed by atoms with Gasteiger partial charge in [0.2, 0.25) is 5.91 Å². The minimum atomic E-state index is 0.0351. The van der Waals surface area contributed by atoms with Gasteiger partial charge in [-0.15, -0.1) is 0 Å². The quantitative estimate of drug-likeness (QED) is 0.753. The van der Waals surface area contributed by atoms with Gasteiger partial charge in [-0.3, -0.25) is 14.6 Å². The van der Waals surface area contributed by atoms with Crippen LogP contribution in [0.4, 0.5) is 0 Å². The molecule has 0 aromatic heterocycles. The second kappa shape index (κ2) is 5.38. The van der Waals surface area contributed by atoms with Gasteiger partial charge in [-0.1, -0.05) is 0 Å². The van der Waals surface area contributed by atoms with Crippen molar-refractivity contribution in [3.63, 3.8) is 0 Å². The number of nitrogens with zero attached hydrogens (tertiary/aromatic N) is 3. The molecular formula is C14H26N4O. The van der Waals surface area contributed by atoms with E-state index in [1.165, 1.54) is 32.4 Å². The maximum Gasteiger partial charge on any atom is 0.240 e. The predicted molar refractivity (Wildman–Crippen MR) is 75.1 cm³/mol. The first-order valence-electron chi connectivity index (χ1n) is 7.58. The molecule has 1 aliphatic carbocycles. The summed E-state index contributed by atoms with van der Waals surface area (Å²) >= 11 is 0. The van der Waals surface area contributed by atoms with Gasteiger partial charge in [-0.25, -0.2) is 0 Å². The smallest absolute Gasteiger partial charge is 0.240 e. The lowest BCUT2D eigenvalue weighted by molar-refractivity contribution is -0.136. The molecular weight excluding hydrogens is 240 g/mol. The Labute approximate surface area is 115 Å². The van der Waals surface area contributed by atoms with Crippen LogP contribution in [-0.4, -0.2) is 85.6 Å². The lowest BCUT2D eigenvalue weighted by atomic mass is 10.1. The van der Waals surface area contributed by atoms with Crippen LogP contribution >= 0.6 is 0 Å². The number of rotatable bonds is 3. The fraction of sp³-hybridized carbons (Fsp3) is 0.929. The zero-order valence-corrected chi connectivity index (χ0v) is 12.1. The van der Waals surface area contributed by atoms with E-state index in [4.69, 9.17) is 0 Å². The summed E-state index contributed by atoms with van der Waals surface area (Å²) in [5.41, 5.74) is 0. The third-order valence-electron chi connectivity index (χ3n) is 4.74. The Bertz CT molecular complexity index is 342. The molecule has 2 aliphatic heterocycles. The van der Waals surface area contributed by atoms with Crippen LogP contribution in [-0.2, 0) is 4.79 Å². The van der Waals surface area contributed by atoms with E-state index in [9.17, 15) is 4.79 Å². The predicted octanol–water partition coefficient (Wildman–Crippen LogP) is -0.415. The molecule has 5 heteroatoms. The van der Waals surface area contributed by atoms with Crippen LogP contribution in [0.5, 0.6) is 0 Å². The first kappa shape index (κ1) is 13.3. The number of amides is 1. The summed E-state index contributed by atoms with van der Waals surface area (Å²) in [5, 5.41) is 3.37. The van der Waals surface area contributed by atoms with Gasteiger partial charge in [0.25, 0.3) is 0 Å². The lowest BCUT2D eigenvalue weighted by Gasteiger charge is -2.40. The monoisotopic (exact) mass is 266 g/mol. The number of piperazine rings is 1. The summed E-state index contributed by atoms with van der Waals surface area (Å²) in [7, 11) is 3.72. The number of nitrogens with one attached hydrogen (secondary N) is 1. The van der Waals surface area contributed by atoms with Crippen LogP contribution in [0.25, 0.3) is 0 Å². The van der Waals surface area contributed by atoms with Crippen molar-refractivity contribution in [1.29, 1.82) is 0 Å². The molecule has 2 heterocycles. The van der Waals surface area contributed by atoms with Crippen LogP contribution in [0, 0.1) is 0 Å². The van der Waals surface area contributed by atoms with Gasteiger partial charge in [0, 0.05) is 58.9 Å². The molecule has 3 fully saturated rings. The Hall–Kier alpha value is -0.650. The van der Waals surface area contributed by atoms with Crippen molar-refractivity contribution in [2.45, 2.75) is 37.4 Å². The minimum absolute atomic E-state index is 0.0351. The van der Waals surface area contributed by atoms with Gasteiger partial charge in [0.1, 0.15) is 6.04 Å². The van der Waals surface area contributed by atoms with Gasteiger partial charge >= 0.3 is 0 Å². The summed E-state index contributed by atoms with van der Waals surface area (Å²) in [6.45, 7) is 5.21. The molecule has 19 heavy (non-hydrogen) atoms. The van der Waals surface area contributed by atoms with Crippen molar-refractivity contribution in [2.24, 2.45) is 0 Å². The molecule has 2 atom stereocenters. The first-order chi connectivity index (χ1) is 9.16. The van der Waals surface area contributed by atoms with Crippen molar-refractivity contribution in [3.8, 4) is 0 Å². The highest BCUT2D eigenvalue weighted by Gasteiger charge is 2.40. The van der Waals surface area contributed by atoms with Gasteiger partial charge in [-0.05, 0) is 19.3 Å². The summed E-state index contributed by atoms with van der Waals surface area (Å²) in [4.78, 5) is 19.1. The van der Waals surface area contributed by atoms with E-state index < -0.39 is 0 Å². The molecule has 3 aliphatic rings. The molecule has 1 saturated carbocycles. The summed E-state index contributed by atoms with van der Waals surface area (Å²) in [5.74, 6) is 0.247. The van der Waals surface area contributed by atoms with E-state index >= 15 is 0 Å². The average molecular weight is 266 g/mol. The molecule has 5 nitrogen and oxygen atoms in total.